The highest BCUT2D eigenvalue weighted by atomic mass is 79.9. The Hall–Kier alpha value is -0.970. The molecule has 1 nitrogen and oxygen atoms in total. The van der Waals surface area contributed by atoms with Crippen molar-refractivity contribution in [1.29, 1.82) is 0 Å². The molecule has 0 bridgehead atoms. The lowest BCUT2D eigenvalue weighted by atomic mass is 9.98. The molecule has 0 aliphatic rings. The third-order valence-corrected chi connectivity index (χ3v) is 4.27. The van der Waals surface area contributed by atoms with Crippen molar-refractivity contribution in [1.82, 2.24) is 5.32 Å². The highest BCUT2D eigenvalue weighted by molar-refractivity contribution is 9.10. The van der Waals surface area contributed by atoms with E-state index in [0.29, 0.717) is 21.5 Å². The van der Waals surface area contributed by atoms with E-state index in [-0.39, 0.29) is 17.7 Å². The first-order valence-electron chi connectivity index (χ1n) is 6.08. The van der Waals surface area contributed by atoms with E-state index in [9.17, 15) is 8.78 Å². The lowest BCUT2D eigenvalue weighted by molar-refractivity contribution is 0.531. The lowest BCUT2D eigenvalue weighted by Gasteiger charge is -2.18. The highest BCUT2D eigenvalue weighted by Gasteiger charge is 2.17. The van der Waals surface area contributed by atoms with Crippen LogP contribution in [0.4, 0.5) is 8.78 Å². The Bertz CT molecular complexity index is 619. The third-order valence-electron chi connectivity index (χ3n) is 3.14. The Morgan fingerprint density at radius 1 is 1.20 bits per heavy atom. The summed E-state index contributed by atoms with van der Waals surface area (Å²) in [7, 11) is 1.74. The van der Waals surface area contributed by atoms with Gasteiger partial charge in [0.2, 0.25) is 0 Å². The third kappa shape index (κ3) is 3.37. The van der Waals surface area contributed by atoms with E-state index in [0.717, 1.165) is 5.56 Å². The minimum absolute atomic E-state index is 0.259. The molecule has 1 atom stereocenters. The van der Waals surface area contributed by atoms with Gasteiger partial charge < -0.3 is 5.32 Å². The van der Waals surface area contributed by atoms with Gasteiger partial charge in [-0.3, -0.25) is 0 Å². The number of halogens is 4. The normalized spacial score (nSPS) is 12.4. The van der Waals surface area contributed by atoms with Crippen LogP contribution in [0.15, 0.2) is 40.9 Å². The maximum Gasteiger partial charge on any atom is 0.137 e. The fourth-order valence-electron chi connectivity index (χ4n) is 2.08. The van der Waals surface area contributed by atoms with Crippen molar-refractivity contribution in [2.75, 3.05) is 7.05 Å². The van der Waals surface area contributed by atoms with E-state index < -0.39 is 0 Å². The first kappa shape index (κ1) is 15.4. The molecule has 0 radical (unpaired) electrons. The van der Waals surface area contributed by atoms with Crippen LogP contribution >= 0.6 is 27.5 Å². The van der Waals surface area contributed by atoms with Crippen molar-refractivity contribution in [2.45, 2.75) is 12.5 Å². The largest absolute Gasteiger partial charge is 0.313 e. The number of benzene rings is 2. The zero-order chi connectivity index (χ0) is 14.7. The molecule has 1 unspecified atom stereocenters. The summed E-state index contributed by atoms with van der Waals surface area (Å²) in [6.07, 6.45) is 0.466. The second-order valence-corrected chi connectivity index (χ2v) is 5.65. The topological polar surface area (TPSA) is 12.0 Å². The predicted molar refractivity (Wildman–Crippen MR) is 81.0 cm³/mol. The fourth-order valence-corrected chi connectivity index (χ4v) is 2.66. The smallest absolute Gasteiger partial charge is 0.137 e. The van der Waals surface area contributed by atoms with Crippen molar-refractivity contribution in [2.24, 2.45) is 0 Å². The number of likely N-dealkylation sites (N-methyl/N-ethyl adjacent to an activating group) is 1. The Labute approximate surface area is 130 Å². The van der Waals surface area contributed by atoms with Crippen molar-refractivity contribution in [3.63, 3.8) is 0 Å². The first-order chi connectivity index (χ1) is 9.52. The van der Waals surface area contributed by atoms with Gasteiger partial charge in [-0.15, -0.1) is 0 Å². The lowest BCUT2D eigenvalue weighted by Crippen LogP contribution is -2.20. The zero-order valence-corrected chi connectivity index (χ0v) is 13.1. The fraction of sp³-hybridized carbons (Fsp3) is 0.200. The standard InChI is InChI=1S/C15H13BrClF2N/c1-20-14(11-6-5-10(17)8-13(11)19)7-9-3-2-4-12(18)15(9)16/h2-6,8,14,20H,7H2,1H3. The molecule has 2 aromatic rings. The van der Waals surface area contributed by atoms with E-state index in [1.807, 2.05) is 6.07 Å². The zero-order valence-electron chi connectivity index (χ0n) is 10.8. The average Bonchev–Trinajstić information content (AvgIpc) is 2.41. The summed E-state index contributed by atoms with van der Waals surface area (Å²) in [4.78, 5) is 0. The molecule has 20 heavy (non-hydrogen) atoms. The van der Waals surface area contributed by atoms with Gasteiger partial charge in [0.1, 0.15) is 11.6 Å². The predicted octanol–water partition coefficient (Wildman–Crippen LogP) is 4.88. The SMILES string of the molecule is CNC(Cc1cccc(F)c1Br)c1ccc(Cl)cc1F. The van der Waals surface area contributed by atoms with Crippen LogP contribution in [0.3, 0.4) is 0 Å². The maximum atomic E-state index is 14.0. The van der Waals surface area contributed by atoms with E-state index in [4.69, 9.17) is 11.6 Å². The molecule has 0 aliphatic heterocycles. The number of rotatable bonds is 4. The summed E-state index contributed by atoms with van der Waals surface area (Å²) >= 11 is 8.98. The molecular weight excluding hydrogens is 348 g/mol. The Morgan fingerprint density at radius 2 is 1.95 bits per heavy atom. The quantitative estimate of drug-likeness (QED) is 0.819. The van der Waals surface area contributed by atoms with Crippen molar-refractivity contribution in [3.05, 3.63) is 68.7 Å². The van der Waals surface area contributed by atoms with Crippen LogP contribution in [0, 0.1) is 11.6 Å². The molecule has 0 amide bonds. The van der Waals surface area contributed by atoms with E-state index in [2.05, 4.69) is 21.2 Å². The molecule has 106 valence electrons. The van der Waals surface area contributed by atoms with Gasteiger partial charge >= 0.3 is 0 Å². The van der Waals surface area contributed by atoms with Crippen molar-refractivity contribution < 1.29 is 8.78 Å². The molecule has 0 aliphatic carbocycles. The molecule has 0 heterocycles. The summed E-state index contributed by atoms with van der Waals surface area (Å²) in [6, 6.07) is 9.14. The van der Waals surface area contributed by atoms with Gasteiger partial charge in [0.25, 0.3) is 0 Å². The monoisotopic (exact) mass is 359 g/mol. The van der Waals surface area contributed by atoms with Gasteiger partial charge in [-0.1, -0.05) is 29.8 Å². The van der Waals surface area contributed by atoms with Crippen LogP contribution in [0.5, 0.6) is 0 Å². The van der Waals surface area contributed by atoms with Crippen LogP contribution in [0.25, 0.3) is 0 Å². The van der Waals surface area contributed by atoms with Gasteiger partial charge in [-0.2, -0.15) is 0 Å². The molecule has 0 saturated heterocycles. The van der Waals surface area contributed by atoms with Crippen molar-refractivity contribution >= 4 is 27.5 Å². The molecular formula is C15H13BrClF2N. The number of nitrogens with one attached hydrogen (secondary N) is 1. The van der Waals surface area contributed by atoms with Gasteiger partial charge in [-0.05, 0) is 53.2 Å². The molecule has 0 aromatic heterocycles. The van der Waals surface area contributed by atoms with Gasteiger partial charge in [0, 0.05) is 16.6 Å². The van der Waals surface area contributed by atoms with Gasteiger partial charge in [0.15, 0.2) is 0 Å². The van der Waals surface area contributed by atoms with Gasteiger partial charge in [-0.25, -0.2) is 8.78 Å². The Kier molecular flexibility index (Phi) is 5.13. The highest BCUT2D eigenvalue weighted by Crippen LogP contribution is 2.28. The Morgan fingerprint density at radius 3 is 2.60 bits per heavy atom. The maximum absolute atomic E-state index is 14.0. The summed E-state index contributed by atoms with van der Waals surface area (Å²) in [5.41, 5.74) is 1.28. The number of hydrogen-bond acceptors (Lipinski definition) is 1. The molecule has 0 fully saturated rings. The van der Waals surface area contributed by atoms with Crippen molar-refractivity contribution in [3.8, 4) is 0 Å². The van der Waals surface area contributed by atoms with Crippen LogP contribution in [0.2, 0.25) is 5.02 Å². The summed E-state index contributed by atoms with van der Waals surface area (Å²) in [6.45, 7) is 0. The minimum atomic E-state index is -0.371. The van der Waals surface area contributed by atoms with E-state index >= 15 is 0 Å². The van der Waals surface area contributed by atoms with E-state index in [1.54, 1.807) is 25.2 Å². The Balaban J connectivity index is 2.31. The summed E-state index contributed by atoms with van der Waals surface area (Å²) < 4.78 is 27.9. The molecule has 2 rings (SSSR count). The summed E-state index contributed by atoms with van der Waals surface area (Å²) in [5.74, 6) is -0.696. The van der Waals surface area contributed by atoms with E-state index in [1.165, 1.54) is 12.1 Å². The first-order valence-corrected chi connectivity index (χ1v) is 7.25. The molecule has 0 saturated carbocycles. The molecule has 1 N–H and O–H groups in total. The summed E-state index contributed by atoms with van der Waals surface area (Å²) in [5, 5.41) is 3.40. The minimum Gasteiger partial charge on any atom is -0.313 e. The van der Waals surface area contributed by atoms with Crippen LogP contribution < -0.4 is 5.32 Å². The molecule has 5 heteroatoms. The molecule has 2 aromatic carbocycles. The van der Waals surface area contributed by atoms with Gasteiger partial charge in [0.05, 0.1) is 4.47 Å². The average molecular weight is 361 g/mol. The van der Waals surface area contributed by atoms with Crippen LogP contribution in [-0.4, -0.2) is 7.05 Å². The van der Waals surface area contributed by atoms with Crippen LogP contribution in [-0.2, 0) is 6.42 Å². The van der Waals surface area contributed by atoms with Crippen LogP contribution in [0.1, 0.15) is 17.2 Å². The second-order valence-electron chi connectivity index (χ2n) is 4.42. The number of hydrogen-bond donors (Lipinski definition) is 1. The second kappa shape index (κ2) is 6.66. The molecule has 0 spiro atoms.